The predicted molar refractivity (Wildman–Crippen MR) is 179 cm³/mol. The topological polar surface area (TPSA) is 122 Å². The summed E-state index contributed by atoms with van der Waals surface area (Å²) in [6.45, 7) is 10.9. The number of aromatic nitrogens is 2. The Labute approximate surface area is 276 Å². The van der Waals surface area contributed by atoms with Crippen LogP contribution >= 0.6 is 0 Å². The van der Waals surface area contributed by atoms with E-state index in [4.69, 9.17) is 4.74 Å². The number of piperazine rings is 1. The number of carbonyl (C=O) groups is 3. The standard InChI is InChI=1S/C36H46N6O5/c1-24-32(25(2)38-37-24)27-12-10-26(11-13-27)22-42(29-14-15-29)33(43)28-7-6-16-41(23-28)30-8-5-9-31(21-30)47-36(3,4)34(44)39-17-19-40(20-18-39)35(45)46/h5,8-13,21,28-29H,6-7,14-20,22-23H2,1-4H3,(H,37,38)(H,45,46)/t28-/m1/s1. The number of rotatable bonds is 9. The molecular formula is C36H46N6O5. The summed E-state index contributed by atoms with van der Waals surface area (Å²) in [4.78, 5) is 46.0. The molecule has 0 spiro atoms. The van der Waals surface area contributed by atoms with E-state index in [1.807, 2.05) is 38.1 Å². The Morgan fingerprint density at radius 3 is 2.32 bits per heavy atom. The van der Waals surface area contributed by atoms with E-state index in [1.165, 1.54) is 4.90 Å². The van der Waals surface area contributed by atoms with Gasteiger partial charge in [0.1, 0.15) is 5.75 Å². The van der Waals surface area contributed by atoms with Gasteiger partial charge in [-0.1, -0.05) is 30.3 Å². The highest BCUT2D eigenvalue weighted by Crippen LogP contribution is 2.34. The normalized spacial score (nSPS) is 18.6. The lowest BCUT2D eigenvalue weighted by atomic mass is 9.95. The summed E-state index contributed by atoms with van der Waals surface area (Å²) in [5.74, 6) is 0.553. The molecule has 1 aromatic heterocycles. The predicted octanol–water partition coefficient (Wildman–Crippen LogP) is 5.08. The first-order valence-electron chi connectivity index (χ1n) is 16.7. The van der Waals surface area contributed by atoms with Crippen LogP contribution < -0.4 is 9.64 Å². The van der Waals surface area contributed by atoms with Crippen molar-refractivity contribution in [3.63, 3.8) is 0 Å². The second-order valence-corrected chi connectivity index (χ2v) is 13.7. The molecule has 3 heterocycles. The number of nitrogens with one attached hydrogen (secondary N) is 1. The Balaban J connectivity index is 1.09. The highest BCUT2D eigenvalue weighted by atomic mass is 16.5. The molecule has 2 aromatic carbocycles. The van der Waals surface area contributed by atoms with Gasteiger partial charge >= 0.3 is 6.09 Å². The Morgan fingerprint density at radius 2 is 1.68 bits per heavy atom. The van der Waals surface area contributed by atoms with Gasteiger partial charge in [-0.2, -0.15) is 5.10 Å². The minimum Gasteiger partial charge on any atom is -0.478 e. The SMILES string of the molecule is Cc1n[nH]c(C)c1-c1ccc(CN(C(=O)[C@@H]2CCCN(c3cccc(OC(C)(C)C(=O)N4CCN(C(=O)O)CC4)c3)C2)C2CC2)cc1. The van der Waals surface area contributed by atoms with Gasteiger partial charge in [0, 0.05) is 74.9 Å². The lowest BCUT2D eigenvalue weighted by molar-refractivity contribution is -0.147. The molecule has 3 aliphatic rings. The zero-order valence-electron chi connectivity index (χ0n) is 27.9. The minimum absolute atomic E-state index is 0.0908. The number of H-pyrrole nitrogens is 1. The Bertz CT molecular complexity index is 1590. The summed E-state index contributed by atoms with van der Waals surface area (Å²) >= 11 is 0. The number of amides is 3. The molecule has 250 valence electrons. The van der Waals surface area contributed by atoms with Crippen LogP contribution in [0.4, 0.5) is 10.5 Å². The van der Waals surface area contributed by atoms with Crippen molar-refractivity contribution in [2.75, 3.05) is 44.2 Å². The van der Waals surface area contributed by atoms with Crippen molar-refractivity contribution < 1.29 is 24.2 Å². The molecule has 11 nitrogen and oxygen atoms in total. The van der Waals surface area contributed by atoms with Gasteiger partial charge in [-0.05, 0) is 76.6 Å². The summed E-state index contributed by atoms with van der Waals surface area (Å²) in [5.41, 5.74) is 5.27. The van der Waals surface area contributed by atoms with Crippen LogP contribution in [-0.4, -0.2) is 98.8 Å². The van der Waals surface area contributed by atoms with Crippen molar-refractivity contribution >= 4 is 23.6 Å². The van der Waals surface area contributed by atoms with E-state index in [9.17, 15) is 19.5 Å². The van der Waals surface area contributed by atoms with Crippen LogP contribution in [0.5, 0.6) is 5.75 Å². The van der Waals surface area contributed by atoms with Gasteiger partial charge in [0.15, 0.2) is 5.60 Å². The fourth-order valence-electron chi connectivity index (χ4n) is 6.93. The summed E-state index contributed by atoms with van der Waals surface area (Å²) in [5, 5.41) is 16.6. The number of carbonyl (C=O) groups excluding carboxylic acids is 2. The molecule has 6 rings (SSSR count). The van der Waals surface area contributed by atoms with Gasteiger partial charge in [0.05, 0.1) is 11.6 Å². The second kappa shape index (κ2) is 13.3. The van der Waals surface area contributed by atoms with E-state index in [1.54, 1.807) is 18.7 Å². The average molecular weight is 643 g/mol. The van der Waals surface area contributed by atoms with Crippen molar-refractivity contribution in [3.05, 3.63) is 65.5 Å². The third kappa shape index (κ3) is 7.24. The molecule has 2 N–H and O–H groups in total. The van der Waals surface area contributed by atoms with Gasteiger partial charge in [-0.25, -0.2) is 4.79 Å². The number of nitrogens with zero attached hydrogens (tertiary/aromatic N) is 5. The Hall–Kier alpha value is -4.54. The highest BCUT2D eigenvalue weighted by molar-refractivity contribution is 5.85. The molecule has 3 amide bonds. The van der Waals surface area contributed by atoms with Gasteiger partial charge < -0.3 is 29.4 Å². The maximum atomic E-state index is 14.0. The molecule has 2 saturated heterocycles. The van der Waals surface area contributed by atoms with Crippen LogP contribution in [-0.2, 0) is 16.1 Å². The largest absolute Gasteiger partial charge is 0.478 e. The van der Waals surface area contributed by atoms with Gasteiger partial charge in [0.2, 0.25) is 5.91 Å². The van der Waals surface area contributed by atoms with Crippen LogP contribution in [0.2, 0.25) is 0 Å². The molecule has 1 atom stereocenters. The van der Waals surface area contributed by atoms with Crippen molar-refractivity contribution in [3.8, 4) is 16.9 Å². The van der Waals surface area contributed by atoms with E-state index in [0.29, 0.717) is 38.0 Å². The molecule has 47 heavy (non-hydrogen) atoms. The molecule has 0 radical (unpaired) electrons. The van der Waals surface area contributed by atoms with Crippen molar-refractivity contribution in [1.82, 2.24) is 24.9 Å². The third-order valence-electron chi connectivity index (χ3n) is 9.67. The zero-order chi connectivity index (χ0) is 33.3. The summed E-state index contributed by atoms with van der Waals surface area (Å²) in [6.07, 6.45) is 2.93. The number of hydrogen-bond donors (Lipinski definition) is 2. The van der Waals surface area contributed by atoms with E-state index in [-0.39, 0.29) is 30.8 Å². The van der Waals surface area contributed by atoms with Gasteiger partial charge in [0.25, 0.3) is 5.91 Å². The van der Waals surface area contributed by atoms with Gasteiger partial charge in [-0.3, -0.25) is 14.7 Å². The van der Waals surface area contributed by atoms with Crippen LogP contribution in [0.15, 0.2) is 48.5 Å². The molecule has 3 aromatic rings. The van der Waals surface area contributed by atoms with Crippen molar-refractivity contribution in [1.29, 1.82) is 0 Å². The van der Waals surface area contributed by atoms with E-state index >= 15 is 0 Å². The smallest absolute Gasteiger partial charge is 0.407 e. The van der Waals surface area contributed by atoms with E-state index < -0.39 is 11.7 Å². The van der Waals surface area contributed by atoms with E-state index in [2.05, 4.69) is 44.3 Å². The average Bonchev–Trinajstić information content (AvgIpc) is 3.86. The zero-order valence-corrected chi connectivity index (χ0v) is 27.9. The maximum absolute atomic E-state index is 14.0. The summed E-state index contributed by atoms with van der Waals surface area (Å²) < 4.78 is 6.26. The fourth-order valence-corrected chi connectivity index (χ4v) is 6.93. The maximum Gasteiger partial charge on any atom is 0.407 e. The number of anilines is 1. The number of carboxylic acid groups (broad SMARTS) is 1. The van der Waals surface area contributed by atoms with Crippen LogP contribution in [0.1, 0.15) is 56.5 Å². The number of benzene rings is 2. The quantitative estimate of drug-likeness (QED) is 0.334. The van der Waals surface area contributed by atoms with Crippen LogP contribution in [0.25, 0.3) is 11.1 Å². The van der Waals surface area contributed by atoms with Gasteiger partial charge in [-0.15, -0.1) is 0 Å². The molecule has 3 fully saturated rings. The number of ether oxygens (including phenoxy) is 1. The highest BCUT2D eigenvalue weighted by Gasteiger charge is 2.38. The first-order chi connectivity index (χ1) is 22.5. The fraction of sp³-hybridized carbons (Fsp3) is 0.500. The lowest BCUT2D eigenvalue weighted by Gasteiger charge is -2.38. The summed E-state index contributed by atoms with van der Waals surface area (Å²) in [6, 6.07) is 16.6. The molecule has 1 aliphatic carbocycles. The number of aryl methyl sites for hydroxylation is 2. The van der Waals surface area contributed by atoms with Crippen molar-refractivity contribution in [2.45, 2.75) is 71.6 Å². The second-order valence-electron chi connectivity index (χ2n) is 13.7. The molecule has 11 heteroatoms. The first kappa shape index (κ1) is 32.4. The molecule has 0 unspecified atom stereocenters. The van der Waals surface area contributed by atoms with Crippen LogP contribution in [0.3, 0.4) is 0 Å². The first-order valence-corrected chi connectivity index (χ1v) is 16.7. The monoisotopic (exact) mass is 642 g/mol. The van der Waals surface area contributed by atoms with E-state index in [0.717, 1.165) is 66.0 Å². The number of hydrogen-bond acceptors (Lipinski definition) is 6. The summed E-state index contributed by atoms with van der Waals surface area (Å²) in [7, 11) is 0. The van der Waals surface area contributed by atoms with Crippen molar-refractivity contribution in [2.24, 2.45) is 5.92 Å². The third-order valence-corrected chi connectivity index (χ3v) is 9.67. The molecule has 1 saturated carbocycles. The number of piperidine rings is 1. The Kier molecular flexibility index (Phi) is 9.16. The number of aromatic amines is 1. The molecular weight excluding hydrogens is 596 g/mol. The molecule has 0 bridgehead atoms. The minimum atomic E-state index is -1.12. The van der Waals surface area contributed by atoms with Crippen LogP contribution in [0, 0.1) is 19.8 Å². The Morgan fingerprint density at radius 1 is 0.979 bits per heavy atom. The lowest BCUT2D eigenvalue weighted by Crippen LogP contribution is -2.56. The molecule has 2 aliphatic heterocycles.